The molecule has 74 heavy (non-hydrogen) atoms. The van der Waals surface area contributed by atoms with Crippen LogP contribution in [0.5, 0.6) is 0 Å². The highest BCUT2D eigenvalue weighted by molar-refractivity contribution is 6.24. The fourth-order valence-electron chi connectivity index (χ4n) is 12.9. The van der Waals surface area contributed by atoms with Gasteiger partial charge in [-0.25, -0.2) is 9.97 Å². The summed E-state index contributed by atoms with van der Waals surface area (Å²) in [5, 5.41) is 5.19. The molecule has 11 aromatic carbocycles. The Morgan fingerprint density at radius 1 is 0.311 bits per heavy atom. The van der Waals surface area contributed by atoms with E-state index in [4.69, 9.17) is 9.97 Å². The molecule has 2 aromatic heterocycles. The second kappa shape index (κ2) is 15.7. The molecule has 2 aliphatic carbocycles. The van der Waals surface area contributed by atoms with Crippen LogP contribution in [0.3, 0.4) is 0 Å². The summed E-state index contributed by atoms with van der Waals surface area (Å²) in [5.74, 6) is 1.87. The molecule has 15 rings (SSSR count). The lowest BCUT2D eigenvalue weighted by atomic mass is 9.65. The highest BCUT2D eigenvalue weighted by Crippen LogP contribution is 2.58. The number of hydrogen-bond acceptors (Lipinski definition) is 2. The van der Waals surface area contributed by atoms with Gasteiger partial charge in [0.1, 0.15) is 11.6 Å². The van der Waals surface area contributed by atoms with Gasteiger partial charge in [0.2, 0.25) is 0 Å². The summed E-state index contributed by atoms with van der Waals surface area (Å²) < 4.78 is 4.55. The van der Waals surface area contributed by atoms with Crippen LogP contribution in [0.2, 0.25) is 0 Å². The molecule has 13 aromatic rings. The lowest BCUT2D eigenvalue weighted by Gasteiger charge is -2.37. The number of nitrogens with zero attached hydrogens (tertiary/aromatic N) is 4. The molecule has 0 amide bonds. The van der Waals surface area contributed by atoms with Crippen LogP contribution < -0.4 is 0 Å². The Morgan fingerprint density at radius 3 is 1.36 bits per heavy atom. The number of aromatic nitrogens is 4. The molecule has 2 aliphatic rings. The molecule has 0 radical (unpaired) electrons. The number of imidazole rings is 2. The predicted octanol–water partition coefficient (Wildman–Crippen LogP) is 18.0. The number of hydrogen-bond donors (Lipinski definition) is 0. The highest BCUT2D eigenvalue weighted by Gasteiger charge is 2.41. The minimum absolute atomic E-state index is 0.227. The minimum atomic E-state index is -0.257. The Balaban J connectivity index is 0.833. The molecule has 0 unspecified atom stereocenters. The van der Waals surface area contributed by atoms with E-state index in [1.165, 1.54) is 88.3 Å². The number of fused-ring (bicyclic) bond motifs is 9. The molecule has 350 valence electrons. The van der Waals surface area contributed by atoms with Crippen molar-refractivity contribution in [3.05, 3.63) is 253 Å². The van der Waals surface area contributed by atoms with Gasteiger partial charge < -0.3 is 0 Å². The van der Waals surface area contributed by atoms with Crippen molar-refractivity contribution in [1.82, 2.24) is 19.1 Å². The van der Waals surface area contributed by atoms with Crippen LogP contribution in [0.15, 0.2) is 231 Å². The molecule has 0 atom stereocenters. The summed E-state index contributed by atoms with van der Waals surface area (Å²) >= 11 is 0. The quantitative estimate of drug-likeness (QED) is 0.156. The number of para-hydroxylation sites is 6. The molecule has 4 heteroatoms. The van der Waals surface area contributed by atoms with E-state index in [0.717, 1.165) is 56.2 Å². The Labute approximate surface area is 430 Å². The van der Waals surface area contributed by atoms with Crippen molar-refractivity contribution in [2.24, 2.45) is 0 Å². The van der Waals surface area contributed by atoms with Gasteiger partial charge in [0.05, 0.1) is 22.1 Å². The van der Waals surface area contributed by atoms with Crippen LogP contribution in [0.25, 0.3) is 122 Å². The number of benzene rings is 11. The van der Waals surface area contributed by atoms with Crippen LogP contribution >= 0.6 is 0 Å². The predicted molar refractivity (Wildman–Crippen MR) is 308 cm³/mol. The van der Waals surface area contributed by atoms with Crippen LogP contribution in [-0.4, -0.2) is 19.1 Å². The van der Waals surface area contributed by atoms with Crippen molar-refractivity contribution in [1.29, 1.82) is 0 Å². The normalized spacial score (nSPS) is 13.9. The maximum absolute atomic E-state index is 5.20. The monoisotopic (exact) mass is 946 g/mol. The molecule has 0 aliphatic heterocycles. The van der Waals surface area contributed by atoms with E-state index in [1.807, 2.05) is 0 Å². The fraction of sp³-hybridized carbons (Fsp3) is 0.0857. The van der Waals surface area contributed by atoms with Gasteiger partial charge in [-0.3, -0.25) is 9.13 Å². The summed E-state index contributed by atoms with van der Waals surface area (Å²) in [7, 11) is 0. The topological polar surface area (TPSA) is 35.6 Å². The van der Waals surface area contributed by atoms with E-state index >= 15 is 0 Å². The molecule has 0 bridgehead atoms. The Hall–Kier alpha value is -9.12. The molecule has 4 nitrogen and oxygen atoms in total. The Kier molecular flexibility index (Phi) is 9.02. The molecule has 0 spiro atoms. The molecule has 0 fully saturated rings. The van der Waals surface area contributed by atoms with Gasteiger partial charge in [-0.1, -0.05) is 191 Å². The summed E-state index contributed by atoms with van der Waals surface area (Å²) in [4.78, 5) is 10.3. The first kappa shape index (κ1) is 42.6. The average molecular weight is 947 g/mol. The summed E-state index contributed by atoms with van der Waals surface area (Å²) in [6.07, 6.45) is 0. The first-order chi connectivity index (χ1) is 36.2. The Bertz CT molecular complexity index is 4440. The van der Waals surface area contributed by atoms with E-state index in [-0.39, 0.29) is 10.8 Å². The van der Waals surface area contributed by atoms with Crippen LogP contribution in [0.4, 0.5) is 0 Å². The first-order valence-corrected chi connectivity index (χ1v) is 25.8. The summed E-state index contributed by atoms with van der Waals surface area (Å²) in [6.45, 7) is 9.70. The summed E-state index contributed by atoms with van der Waals surface area (Å²) in [6, 6.07) is 84.4. The lowest BCUT2D eigenvalue weighted by Crippen LogP contribution is -2.25. The minimum Gasteiger partial charge on any atom is -0.292 e. The van der Waals surface area contributed by atoms with Gasteiger partial charge in [0, 0.05) is 33.3 Å². The molecule has 2 heterocycles. The molecule has 0 saturated carbocycles. The third kappa shape index (κ3) is 6.09. The zero-order valence-corrected chi connectivity index (χ0v) is 41.7. The maximum Gasteiger partial charge on any atom is 0.145 e. The second-order valence-electron chi connectivity index (χ2n) is 21.3. The number of rotatable bonds is 6. The zero-order chi connectivity index (χ0) is 49.5. The highest BCUT2D eigenvalue weighted by atomic mass is 15.1. The van der Waals surface area contributed by atoms with Gasteiger partial charge in [-0.2, -0.15) is 0 Å². The van der Waals surface area contributed by atoms with E-state index in [0.29, 0.717) is 0 Å². The van der Waals surface area contributed by atoms with Crippen LogP contribution in [-0.2, 0) is 10.8 Å². The molecular weight excluding hydrogens is 897 g/mol. The van der Waals surface area contributed by atoms with E-state index in [2.05, 4.69) is 267 Å². The standard InChI is InChI=1S/C70H50N4/c1-69(2)56-25-17-24-53-64(44-32-36-46(37-33-44)68-72-61-27-14-16-29-63(61)74(68)49-20-9-6-10-21-49)51-22-11-12-23-52(51)65(66(53)56)55-42-58-54(41-59(55)69)50-39-38-47(40-57(50)70(58,3)4)43-30-34-45(35-31-43)67-71-60-26-13-15-28-62(60)73(67)48-18-7-5-8-19-48/h5-42H,1-4H3. The third-order valence-corrected chi connectivity index (χ3v) is 16.5. The SMILES string of the molecule is CC1(C)c2cc(-c3ccc(-c4nc5ccccc5n4-c4ccccc4)cc3)ccc2-c2cc3c(cc21)-c1c2ccccc2c(-c2ccc(-c4nc5ccccc5n4-c4ccccc4)cc2)c2cccc(c12)C3(C)C. The van der Waals surface area contributed by atoms with Crippen LogP contribution in [0, 0.1) is 0 Å². The molecule has 0 N–H and O–H groups in total. The fourth-order valence-corrected chi connectivity index (χ4v) is 12.9. The lowest BCUT2D eigenvalue weighted by molar-refractivity contribution is 0.639. The largest absolute Gasteiger partial charge is 0.292 e. The van der Waals surface area contributed by atoms with Crippen molar-refractivity contribution in [2.45, 2.75) is 38.5 Å². The summed E-state index contributed by atoms with van der Waals surface area (Å²) in [5.41, 5.74) is 23.8. The zero-order valence-electron chi connectivity index (χ0n) is 41.7. The van der Waals surface area contributed by atoms with Crippen molar-refractivity contribution in [3.63, 3.8) is 0 Å². The van der Waals surface area contributed by atoms with E-state index < -0.39 is 0 Å². The average Bonchev–Trinajstić information content (AvgIpc) is 4.11. The van der Waals surface area contributed by atoms with Crippen molar-refractivity contribution in [2.75, 3.05) is 0 Å². The van der Waals surface area contributed by atoms with Crippen molar-refractivity contribution < 1.29 is 0 Å². The van der Waals surface area contributed by atoms with Gasteiger partial charge in [0.25, 0.3) is 0 Å². The first-order valence-electron chi connectivity index (χ1n) is 25.8. The van der Waals surface area contributed by atoms with Crippen molar-refractivity contribution >= 4 is 43.6 Å². The van der Waals surface area contributed by atoms with Crippen molar-refractivity contribution in [3.8, 4) is 78.7 Å². The third-order valence-electron chi connectivity index (χ3n) is 16.5. The second-order valence-corrected chi connectivity index (χ2v) is 21.3. The van der Waals surface area contributed by atoms with Gasteiger partial charge in [0.15, 0.2) is 0 Å². The smallest absolute Gasteiger partial charge is 0.145 e. The molecular formula is C70H50N4. The maximum atomic E-state index is 5.20. The van der Waals surface area contributed by atoms with Gasteiger partial charge in [-0.15, -0.1) is 0 Å². The Morgan fingerprint density at radius 2 is 0.757 bits per heavy atom. The van der Waals surface area contributed by atoms with E-state index in [9.17, 15) is 0 Å². The van der Waals surface area contributed by atoms with Crippen LogP contribution in [0.1, 0.15) is 49.9 Å². The van der Waals surface area contributed by atoms with Gasteiger partial charge in [-0.05, 0) is 155 Å². The molecule has 0 saturated heterocycles. The van der Waals surface area contributed by atoms with E-state index in [1.54, 1.807) is 0 Å². The van der Waals surface area contributed by atoms with Gasteiger partial charge >= 0.3 is 0 Å².